The molecule has 0 radical (unpaired) electrons. The Morgan fingerprint density at radius 3 is 2.29 bits per heavy atom. The monoisotopic (exact) mass is 353 g/mol. The Bertz CT molecular complexity index is 703. The fraction of sp³-hybridized carbons (Fsp3) is 0.471. The van der Waals surface area contributed by atoms with Crippen molar-refractivity contribution in [3.8, 4) is 0 Å². The Balaban J connectivity index is 2.23. The molecular weight excluding hydrogens is 330 g/mol. The fourth-order valence-corrected chi connectivity index (χ4v) is 4.71. The van der Waals surface area contributed by atoms with Gasteiger partial charge in [0.2, 0.25) is 10.0 Å². The van der Waals surface area contributed by atoms with Crippen molar-refractivity contribution in [2.45, 2.75) is 25.0 Å². The van der Waals surface area contributed by atoms with E-state index in [1.165, 1.54) is 10.4 Å². The van der Waals surface area contributed by atoms with E-state index in [4.69, 9.17) is 0 Å². The summed E-state index contributed by atoms with van der Waals surface area (Å²) in [5.41, 5.74) is 0.415. The zero-order chi connectivity index (χ0) is 18.0. The molecule has 132 valence electrons. The van der Waals surface area contributed by atoms with E-state index in [-0.39, 0.29) is 25.9 Å². The Hall–Kier alpha value is -1.70. The second kappa shape index (κ2) is 7.04. The maximum Gasteiger partial charge on any atom is 0.312 e. The van der Waals surface area contributed by atoms with Gasteiger partial charge in [-0.25, -0.2) is 12.7 Å². The van der Waals surface area contributed by atoms with Gasteiger partial charge in [-0.3, -0.25) is 4.79 Å². The van der Waals surface area contributed by atoms with Crippen molar-refractivity contribution >= 4 is 16.0 Å². The number of hydrogen-bond donors (Lipinski definition) is 2. The van der Waals surface area contributed by atoms with Gasteiger partial charge in [0.15, 0.2) is 0 Å². The molecule has 1 fully saturated rings. The van der Waals surface area contributed by atoms with Crippen LogP contribution in [0.25, 0.3) is 0 Å². The molecule has 7 heteroatoms. The molecule has 1 aromatic carbocycles. The van der Waals surface area contributed by atoms with Crippen LogP contribution in [-0.2, 0) is 14.8 Å². The molecule has 6 nitrogen and oxygen atoms in total. The lowest BCUT2D eigenvalue weighted by molar-refractivity contribution is -0.154. The number of carbonyl (C=O) groups is 1. The smallest absolute Gasteiger partial charge is 0.312 e. The van der Waals surface area contributed by atoms with Crippen molar-refractivity contribution in [2.24, 2.45) is 5.41 Å². The summed E-state index contributed by atoms with van der Waals surface area (Å²) in [4.78, 5) is 11.4. The predicted octanol–water partition coefficient (Wildman–Crippen LogP) is 1.71. The summed E-state index contributed by atoms with van der Waals surface area (Å²) < 4.78 is 27.1. The van der Waals surface area contributed by atoms with Gasteiger partial charge in [-0.15, -0.1) is 6.58 Å². The number of benzene rings is 1. The topological polar surface area (TPSA) is 94.9 Å². The highest BCUT2D eigenvalue weighted by Crippen LogP contribution is 2.35. The van der Waals surface area contributed by atoms with Crippen LogP contribution in [-0.4, -0.2) is 48.6 Å². The minimum atomic E-state index is -3.68. The SMILES string of the molecule is C=CC(c1ccc(C)cc1)S(=O)(=O)N1CCC(CO)(C(=O)O)CC1. The minimum Gasteiger partial charge on any atom is -0.481 e. The van der Waals surface area contributed by atoms with Gasteiger partial charge in [0.1, 0.15) is 5.25 Å². The Morgan fingerprint density at radius 2 is 1.88 bits per heavy atom. The lowest BCUT2D eigenvalue weighted by Gasteiger charge is -2.38. The number of rotatable bonds is 6. The summed E-state index contributed by atoms with van der Waals surface area (Å²) in [6, 6.07) is 7.22. The average Bonchev–Trinajstić information content (AvgIpc) is 2.57. The molecule has 0 aromatic heterocycles. The summed E-state index contributed by atoms with van der Waals surface area (Å²) in [5.74, 6) is -1.08. The highest BCUT2D eigenvalue weighted by molar-refractivity contribution is 7.89. The van der Waals surface area contributed by atoms with Crippen molar-refractivity contribution < 1.29 is 23.4 Å². The fourth-order valence-electron chi connectivity index (χ4n) is 2.95. The van der Waals surface area contributed by atoms with Crippen LogP contribution in [0.15, 0.2) is 36.9 Å². The molecule has 1 aliphatic heterocycles. The van der Waals surface area contributed by atoms with Crippen molar-refractivity contribution in [1.29, 1.82) is 0 Å². The first kappa shape index (κ1) is 18.6. The second-order valence-electron chi connectivity index (χ2n) is 6.25. The first-order valence-electron chi connectivity index (χ1n) is 7.79. The molecular formula is C17H23NO5S. The molecule has 0 spiro atoms. The van der Waals surface area contributed by atoms with E-state index < -0.39 is 33.3 Å². The van der Waals surface area contributed by atoms with E-state index in [2.05, 4.69) is 6.58 Å². The van der Waals surface area contributed by atoms with E-state index in [0.717, 1.165) is 5.56 Å². The summed E-state index contributed by atoms with van der Waals surface area (Å²) >= 11 is 0. The maximum absolute atomic E-state index is 12.9. The molecule has 1 heterocycles. The van der Waals surface area contributed by atoms with Crippen LogP contribution >= 0.6 is 0 Å². The lowest BCUT2D eigenvalue weighted by Crippen LogP contribution is -2.49. The van der Waals surface area contributed by atoms with E-state index in [9.17, 15) is 23.4 Å². The first-order chi connectivity index (χ1) is 11.3. The van der Waals surface area contributed by atoms with Gasteiger partial charge in [-0.05, 0) is 25.3 Å². The van der Waals surface area contributed by atoms with E-state index in [0.29, 0.717) is 5.56 Å². The third kappa shape index (κ3) is 3.38. The summed E-state index contributed by atoms with van der Waals surface area (Å²) in [7, 11) is -3.68. The van der Waals surface area contributed by atoms with E-state index >= 15 is 0 Å². The number of aliphatic hydroxyl groups is 1. The molecule has 1 aromatic rings. The Labute approximate surface area is 142 Å². The van der Waals surface area contributed by atoms with Gasteiger partial charge < -0.3 is 10.2 Å². The van der Waals surface area contributed by atoms with Crippen LogP contribution in [0.4, 0.5) is 0 Å². The summed E-state index contributed by atoms with van der Waals surface area (Å²) in [6.07, 6.45) is 1.58. The molecule has 1 atom stereocenters. The second-order valence-corrected chi connectivity index (χ2v) is 8.31. The molecule has 0 saturated carbocycles. The highest BCUT2D eigenvalue weighted by atomic mass is 32.2. The number of piperidine rings is 1. The molecule has 0 aliphatic carbocycles. The normalized spacial score (nSPS) is 19.6. The Kier molecular flexibility index (Phi) is 5.47. The van der Waals surface area contributed by atoms with E-state index in [1.54, 1.807) is 12.1 Å². The molecule has 1 unspecified atom stereocenters. The van der Waals surface area contributed by atoms with Gasteiger partial charge >= 0.3 is 5.97 Å². The number of hydrogen-bond acceptors (Lipinski definition) is 4. The van der Waals surface area contributed by atoms with Crippen molar-refractivity contribution in [3.63, 3.8) is 0 Å². The van der Waals surface area contributed by atoms with Gasteiger partial charge in [-0.1, -0.05) is 35.9 Å². The zero-order valence-electron chi connectivity index (χ0n) is 13.7. The highest BCUT2D eigenvalue weighted by Gasteiger charge is 2.44. The largest absolute Gasteiger partial charge is 0.481 e. The third-order valence-electron chi connectivity index (χ3n) is 4.74. The average molecular weight is 353 g/mol. The van der Waals surface area contributed by atoms with Gasteiger partial charge in [0.05, 0.1) is 12.0 Å². The molecule has 1 aliphatic rings. The lowest BCUT2D eigenvalue weighted by atomic mass is 9.80. The number of carboxylic acids is 1. The standard InChI is InChI=1S/C17H23NO5S/c1-3-15(14-6-4-13(2)5-7-14)24(22,23)18-10-8-17(12-19,9-11-18)16(20)21/h3-7,15,19H,1,8-12H2,2H3,(H,20,21). The number of nitrogens with zero attached hydrogens (tertiary/aromatic N) is 1. The number of aliphatic carboxylic acids is 1. The van der Waals surface area contributed by atoms with Crippen LogP contribution in [0.5, 0.6) is 0 Å². The number of sulfonamides is 1. The van der Waals surface area contributed by atoms with Crippen LogP contribution in [0.3, 0.4) is 0 Å². The number of carboxylic acid groups (broad SMARTS) is 1. The third-order valence-corrected chi connectivity index (χ3v) is 6.93. The van der Waals surface area contributed by atoms with E-state index in [1.807, 2.05) is 19.1 Å². The van der Waals surface area contributed by atoms with Gasteiger partial charge in [-0.2, -0.15) is 0 Å². The summed E-state index contributed by atoms with van der Waals surface area (Å²) in [6.45, 7) is 5.24. The summed E-state index contributed by atoms with van der Waals surface area (Å²) in [5, 5.41) is 17.8. The van der Waals surface area contributed by atoms with Crippen LogP contribution in [0.1, 0.15) is 29.2 Å². The van der Waals surface area contributed by atoms with Crippen LogP contribution < -0.4 is 0 Å². The van der Waals surface area contributed by atoms with Crippen molar-refractivity contribution in [1.82, 2.24) is 4.31 Å². The molecule has 1 saturated heterocycles. The van der Waals surface area contributed by atoms with Gasteiger partial charge in [0.25, 0.3) is 0 Å². The molecule has 0 bridgehead atoms. The number of aryl methyl sites for hydroxylation is 1. The first-order valence-corrected chi connectivity index (χ1v) is 9.29. The quantitative estimate of drug-likeness (QED) is 0.759. The molecule has 0 amide bonds. The molecule has 2 N–H and O–H groups in total. The number of aliphatic hydroxyl groups excluding tert-OH is 1. The van der Waals surface area contributed by atoms with Crippen molar-refractivity contribution in [3.05, 3.63) is 48.0 Å². The van der Waals surface area contributed by atoms with Crippen molar-refractivity contribution in [2.75, 3.05) is 19.7 Å². The van der Waals surface area contributed by atoms with Crippen LogP contribution in [0, 0.1) is 12.3 Å². The van der Waals surface area contributed by atoms with Gasteiger partial charge in [0, 0.05) is 13.1 Å². The zero-order valence-corrected chi connectivity index (χ0v) is 14.5. The Morgan fingerprint density at radius 1 is 1.33 bits per heavy atom. The predicted molar refractivity (Wildman–Crippen MR) is 91.0 cm³/mol. The minimum absolute atomic E-state index is 0.0748. The molecule has 24 heavy (non-hydrogen) atoms. The maximum atomic E-state index is 12.9. The van der Waals surface area contributed by atoms with Crippen LogP contribution in [0.2, 0.25) is 0 Å². The molecule has 2 rings (SSSR count).